The number of carbonyl (C=O) groups excluding carboxylic acids is 3. The summed E-state index contributed by atoms with van der Waals surface area (Å²) in [6.45, 7) is 3.24. The van der Waals surface area contributed by atoms with Crippen molar-refractivity contribution in [3.63, 3.8) is 0 Å². The molecule has 1 N–H and O–H groups in total. The lowest BCUT2D eigenvalue weighted by molar-refractivity contribution is -0.145. The third kappa shape index (κ3) is 2.12. The quantitative estimate of drug-likeness (QED) is 0.678. The second-order valence-electron chi connectivity index (χ2n) is 4.80. The second kappa shape index (κ2) is 5.06. The molecular weight excluding hydrogens is 234 g/mol. The summed E-state index contributed by atoms with van der Waals surface area (Å²) in [5.41, 5.74) is 0. The molecule has 2 aliphatic heterocycles. The average Bonchev–Trinajstić information content (AvgIpc) is 2.60. The minimum Gasteiger partial charge on any atom is -0.329 e. The molecule has 2 atom stereocenters. The van der Waals surface area contributed by atoms with E-state index in [2.05, 4.69) is 5.32 Å². The van der Waals surface area contributed by atoms with Crippen LogP contribution >= 0.6 is 0 Å². The van der Waals surface area contributed by atoms with Gasteiger partial charge < -0.3 is 10.2 Å². The van der Waals surface area contributed by atoms with Crippen LogP contribution in [0.1, 0.15) is 26.2 Å². The maximum atomic E-state index is 12.2. The number of likely N-dealkylation sites (N-methyl/N-ethyl adjacent to an activating group) is 2. The van der Waals surface area contributed by atoms with Crippen LogP contribution in [0.5, 0.6) is 0 Å². The van der Waals surface area contributed by atoms with Crippen molar-refractivity contribution in [2.24, 2.45) is 0 Å². The molecule has 2 aliphatic rings. The zero-order valence-electron chi connectivity index (χ0n) is 10.8. The molecule has 18 heavy (non-hydrogen) atoms. The van der Waals surface area contributed by atoms with Crippen LogP contribution in [0, 0.1) is 0 Å². The van der Waals surface area contributed by atoms with E-state index in [0.29, 0.717) is 6.54 Å². The van der Waals surface area contributed by atoms with Crippen LogP contribution in [0.15, 0.2) is 0 Å². The minimum atomic E-state index is -0.587. The molecule has 6 heteroatoms. The monoisotopic (exact) mass is 253 g/mol. The number of imide groups is 1. The van der Waals surface area contributed by atoms with E-state index in [1.165, 1.54) is 7.05 Å². The molecule has 0 radical (unpaired) electrons. The van der Waals surface area contributed by atoms with E-state index in [9.17, 15) is 14.4 Å². The number of hydrogen-bond donors (Lipinski definition) is 1. The fourth-order valence-corrected chi connectivity index (χ4v) is 2.62. The predicted octanol–water partition coefficient (Wildman–Crippen LogP) is -0.656. The highest BCUT2D eigenvalue weighted by molar-refractivity contribution is 6.06. The van der Waals surface area contributed by atoms with Crippen molar-refractivity contribution in [3.8, 4) is 0 Å². The first-order valence-electron chi connectivity index (χ1n) is 6.40. The van der Waals surface area contributed by atoms with Gasteiger partial charge in [0, 0.05) is 13.6 Å². The van der Waals surface area contributed by atoms with E-state index in [-0.39, 0.29) is 30.2 Å². The second-order valence-corrected chi connectivity index (χ2v) is 4.80. The lowest BCUT2D eigenvalue weighted by Gasteiger charge is -2.35. The van der Waals surface area contributed by atoms with E-state index >= 15 is 0 Å². The van der Waals surface area contributed by atoms with Gasteiger partial charge in [0.1, 0.15) is 6.04 Å². The lowest BCUT2D eigenvalue weighted by atomic mass is 10.0. The highest BCUT2D eigenvalue weighted by atomic mass is 16.2. The molecule has 0 saturated carbocycles. The number of piperidine rings is 1. The van der Waals surface area contributed by atoms with E-state index in [0.717, 1.165) is 24.3 Å². The predicted molar refractivity (Wildman–Crippen MR) is 64.6 cm³/mol. The van der Waals surface area contributed by atoms with Crippen LogP contribution in [-0.2, 0) is 14.4 Å². The van der Waals surface area contributed by atoms with Crippen LogP contribution in [0.2, 0.25) is 0 Å². The van der Waals surface area contributed by atoms with Crippen molar-refractivity contribution in [1.29, 1.82) is 0 Å². The van der Waals surface area contributed by atoms with Gasteiger partial charge in [0.25, 0.3) is 5.91 Å². The Morgan fingerprint density at radius 3 is 2.56 bits per heavy atom. The molecule has 2 fully saturated rings. The summed E-state index contributed by atoms with van der Waals surface area (Å²) in [4.78, 5) is 38.4. The molecule has 0 bridgehead atoms. The summed E-state index contributed by atoms with van der Waals surface area (Å²) in [7, 11) is 1.47. The van der Waals surface area contributed by atoms with Gasteiger partial charge in [-0.3, -0.25) is 19.3 Å². The Balaban J connectivity index is 2.11. The third-order valence-corrected chi connectivity index (χ3v) is 3.66. The van der Waals surface area contributed by atoms with E-state index in [1.54, 1.807) is 4.90 Å². The lowest BCUT2D eigenvalue weighted by Crippen LogP contribution is -2.55. The van der Waals surface area contributed by atoms with Crippen LogP contribution in [0.4, 0.5) is 0 Å². The van der Waals surface area contributed by atoms with Gasteiger partial charge in [-0.15, -0.1) is 0 Å². The van der Waals surface area contributed by atoms with Gasteiger partial charge in [0.05, 0.1) is 12.5 Å². The molecule has 0 spiro atoms. The summed E-state index contributed by atoms with van der Waals surface area (Å²) in [5, 5.41) is 3.12. The highest BCUT2D eigenvalue weighted by Gasteiger charge is 2.44. The first-order valence-corrected chi connectivity index (χ1v) is 6.40. The average molecular weight is 253 g/mol. The molecule has 0 aliphatic carbocycles. The number of amides is 3. The molecule has 2 saturated heterocycles. The smallest absolute Gasteiger partial charge is 0.252 e. The molecule has 2 heterocycles. The van der Waals surface area contributed by atoms with Crippen LogP contribution < -0.4 is 5.32 Å². The number of hydrogen-bond acceptors (Lipinski definition) is 4. The minimum absolute atomic E-state index is 0.0513. The number of nitrogens with zero attached hydrogens (tertiary/aromatic N) is 2. The zero-order valence-corrected chi connectivity index (χ0v) is 10.8. The number of rotatable bonds is 3. The molecule has 3 amide bonds. The van der Waals surface area contributed by atoms with Crippen LogP contribution in [0.3, 0.4) is 0 Å². The van der Waals surface area contributed by atoms with Crippen molar-refractivity contribution in [2.75, 3.05) is 20.1 Å². The van der Waals surface area contributed by atoms with Crippen molar-refractivity contribution >= 4 is 17.7 Å². The topological polar surface area (TPSA) is 69.7 Å². The SMILES string of the molecule is CCNC1CCCN(C2CC(=O)N(C)C2=O)C1=O. The molecule has 100 valence electrons. The Morgan fingerprint density at radius 1 is 1.28 bits per heavy atom. The molecule has 2 rings (SSSR count). The molecular formula is C12H19N3O3. The third-order valence-electron chi connectivity index (χ3n) is 3.66. The van der Waals surface area contributed by atoms with E-state index in [1.807, 2.05) is 6.92 Å². The van der Waals surface area contributed by atoms with Gasteiger partial charge in [-0.05, 0) is 19.4 Å². The molecule has 0 aromatic carbocycles. The van der Waals surface area contributed by atoms with Crippen molar-refractivity contribution in [3.05, 3.63) is 0 Å². The van der Waals surface area contributed by atoms with Crippen molar-refractivity contribution < 1.29 is 14.4 Å². The molecule has 2 unspecified atom stereocenters. The Kier molecular flexibility index (Phi) is 3.65. The Hall–Kier alpha value is -1.43. The maximum Gasteiger partial charge on any atom is 0.252 e. The molecule has 0 aromatic rings. The van der Waals surface area contributed by atoms with Crippen LogP contribution in [0.25, 0.3) is 0 Å². The first-order chi connectivity index (χ1) is 8.56. The van der Waals surface area contributed by atoms with Crippen LogP contribution in [-0.4, -0.2) is 59.7 Å². The summed E-state index contributed by atoms with van der Waals surface area (Å²) >= 11 is 0. The van der Waals surface area contributed by atoms with Gasteiger partial charge >= 0.3 is 0 Å². The fraction of sp³-hybridized carbons (Fsp3) is 0.750. The molecule has 6 nitrogen and oxygen atoms in total. The standard InChI is InChI=1S/C12H19N3O3/c1-3-13-8-5-4-6-15(11(8)17)9-7-10(16)14(2)12(9)18/h8-9,13H,3-7H2,1-2H3. The largest absolute Gasteiger partial charge is 0.329 e. The highest BCUT2D eigenvalue weighted by Crippen LogP contribution is 2.22. The summed E-state index contributed by atoms with van der Waals surface area (Å²) in [6, 6.07) is -0.797. The molecule has 0 aromatic heterocycles. The Bertz CT molecular complexity index is 381. The number of carbonyl (C=O) groups is 3. The normalized spacial score (nSPS) is 29.3. The summed E-state index contributed by atoms with van der Waals surface area (Å²) in [6.07, 6.45) is 1.79. The Labute approximate surface area is 106 Å². The maximum absolute atomic E-state index is 12.2. The summed E-state index contributed by atoms with van der Waals surface area (Å²) < 4.78 is 0. The first kappa shape index (κ1) is 13.0. The van der Waals surface area contributed by atoms with Gasteiger partial charge in [-0.2, -0.15) is 0 Å². The van der Waals surface area contributed by atoms with Gasteiger partial charge in [-0.25, -0.2) is 0 Å². The van der Waals surface area contributed by atoms with Crippen molar-refractivity contribution in [2.45, 2.75) is 38.3 Å². The fourth-order valence-electron chi connectivity index (χ4n) is 2.62. The number of nitrogens with one attached hydrogen (secondary N) is 1. The van der Waals surface area contributed by atoms with E-state index < -0.39 is 6.04 Å². The zero-order chi connectivity index (χ0) is 13.3. The number of likely N-dealkylation sites (tertiary alicyclic amines) is 2. The summed E-state index contributed by atoms with van der Waals surface area (Å²) in [5.74, 6) is -0.515. The van der Waals surface area contributed by atoms with Gasteiger partial charge in [-0.1, -0.05) is 6.92 Å². The van der Waals surface area contributed by atoms with Gasteiger partial charge in [0.15, 0.2) is 0 Å². The Morgan fingerprint density at radius 2 is 2.00 bits per heavy atom. The van der Waals surface area contributed by atoms with Gasteiger partial charge in [0.2, 0.25) is 11.8 Å². The van der Waals surface area contributed by atoms with Crippen molar-refractivity contribution in [1.82, 2.24) is 15.1 Å². The van der Waals surface area contributed by atoms with E-state index in [4.69, 9.17) is 0 Å².